The quantitative estimate of drug-likeness (QED) is 0.788. The number of thiocarbonyl (C=S) groups is 1. The van der Waals surface area contributed by atoms with Crippen LogP contribution in [0.2, 0.25) is 0 Å². The average molecular weight is 293 g/mol. The van der Waals surface area contributed by atoms with Crippen LogP contribution in [0.3, 0.4) is 0 Å². The lowest BCUT2D eigenvalue weighted by molar-refractivity contribution is 0.286. The molecule has 1 saturated heterocycles. The van der Waals surface area contributed by atoms with E-state index in [1.807, 2.05) is 29.3 Å². The first-order valence-electron chi connectivity index (χ1n) is 7.18. The van der Waals surface area contributed by atoms with Gasteiger partial charge in [0, 0.05) is 0 Å². The Morgan fingerprint density at radius 2 is 1.75 bits per heavy atom. The predicted molar refractivity (Wildman–Crippen MR) is 86.9 cm³/mol. The number of anilines is 1. The first-order valence-corrected chi connectivity index (χ1v) is 7.59. The second kappa shape index (κ2) is 6.41. The highest BCUT2D eigenvalue weighted by molar-refractivity contribution is 7.80. The molecule has 1 aromatic rings. The van der Waals surface area contributed by atoms with Crippen LogP contribution >= 0.6 is 12.2 Å². The highest BCUT2D eigenvalue weighted by atomic mass is 32.1. The summed E-state index contributed by atoms with van der Waals surface area (Å²) in [6, 6.07) is 7.90. The minimum absolute atomic E-state index is 0.111. The summed E-state index contributed by atoms with van der Waals surface area (Å²) in [5.74, 6) is 0.847. The lowest BCUT2D eigenvalue weighted by atomic mass is 10.00. The summed E-state index contributed by atoms with van der Waals surface area (Å²) in [5, 5.41) is 6.15. The monoisotopic (exact) mass is 293 g/mol. The van der Waals surface area contributed by atoms with Gasteiger partial charge >= 0.3 is 0 Å². The molecule has 110 valence electrons. The van der Waals surface area contributed by atoms with E-state index in [0.29, 0.717) is 0 Å². The molecule has 0 aliphatic carbocycles. The summed E-state index contributed by atoms with van der Waals surface area (Å²) in [5.41, 5.74) is 4.46. The van der Waals surface area contributed by atoms with E-state index in [-0.39, 0.29) is 5.66 Å². The second-order valence-electron chi connectivity index (χ2n) is 5.16. The minimum atomic E-state index is -0.111. The van der Waals surface area contributed by atoms with Gasteiger partial charge in [-0.25, -0.2) is 5.43 Å². The van der Waals surface area contributed by atoms with Gasteiger partial charge in [0.05, 0.1) is 12.8 Å². The van der Waals surface area contributed by atoms with Gasteiger partial charge in [-0.2, -0.15) is 0 Å². The fraction of sp³-hybridized carbons (Fsp3) is 0.533. The van der Waals surface area contributed by atoms with E-state index >= 15 is 0 Å². The number of ether oxygens (including phenoxy) is 1. The number of nitrogens with one attached hydrogen (secondary N) is 2. The standard InChI is InChI=1S/C15H23N3OS/c1-4-10-15(11-5-2)16-14(20)18(17-15)12-6-8-13(19-3)9-7-12/h6-9,17H,4-5,10-11H2,1-3H3,(H,16,20). The Morgan fingerprint density at radius 1 is 1.15 bits per heavy atom. The van der Waals surface area contributed by atoms with Crippen molar-refractivity contribution in [2.24, 2.45) is 0 Å². The molecule has 1 aliphatic rings. The molecule has 20 heavy (non-hydrogen) atoms. The van der Waals surface area contributed by atoms with Gasteiger partial charge in [0.15, 0.2) is 5.11 Å². The highest BCUT2D eigenvalue weighted by Crippen LogP contribution is 2.27. The molecule has 1 aromatic carbocycles. The fourth-order valence-corrected chi connectivity index (χ4v) is 3.03. The minimum Gasteiger partial charge on any atom is -0.497 e. The van der Waals surface area contributed by atoms with Gasteiger partial charge in [-0.3, -0.25) is 5.01 Å². The Balaban J connectivity index is 2.18. The molecule has 1 aliphatic heterocycles. The van der Waals surface area contributed by atoms with Crippen LogP contribution < -0.4 is 20.5 Å². The molecular weight excluding hydrogens is 270 g/mol. The van der Waals surface area contributed by atoms with Crippen LogP contribution in [0.4, 0.5) is 5.69 Å². The Kier molecular flexibility index (Phi) is 4.83. The molecular formula is C15H23N3OS. The maximum atomic E-state index is 5.48. The van der Waals surface area contributed by atoms with Crippen molar-refractivity contribution < 1.29 is 4.74 Å². The SMILES string of the molecule is CCCC1(CCC)NC(=S)N(c2ccc(OC)cc2)N1. The molecule has 0 aromatic heterocycles. The van der Waals surface area contributed by atoms with Gasteiger partial charge in [-0.15, -0.1) is 0 Å². The maximum absolute atomic E-state index is 5.48. The van der Waals surface area contributed by atoms with Gasteiger partial charge in [0.25, 0.3) is 0 Å². The molecule has 2 N–H and O–H groups in total. The van der Waals surface area contributed by atoms with Crippen molar-refractivity contribution in [3.63, 3.8) is 0 Å². The Labute approximate surface area is 126 Å². The number of hydrazine groups is 1. The van der Waals surface area contributed by atoms with E-state index in [4.69, 9.17) is 17.0 Å². The largest absolute Gasteiger partial charge is 0.497 e. The molecule has 0 bridgehead atoms. The van der Waals surface area contributed by atoms with Gasteiger partial charge in [-0.1, -0.05) is 26.7 Å². The zero-order valence-corrected chi connectivity index (χ0v) is 13.2. The molecule has 4 nitrogen and oxygen atoms in total. The van der Waals surface area contributed by atoms with Crippen molar-refractivity contribution in [2.45, 2.75) is 45.2 Å². The molecule has 1 heterocycles. The number of rotatable bonds is 6. The second-order valence-corrected chi connectivity index (χ2v) is 5.54. The van der Waals surface area contributed by atoms with Crippen molar-refractivity contribution in [3.05, 3.63) is 24.3 Å². The molecule has 1 fully saturated rings. The van der Waals surface area contributed by atoms with Crippen molar-refractivity contribution in [2.75, 3.05) is 12.1 Å². The third-order valence-electron chi connectivity index (χ3n) is 3.56. The zero-order valence-electron chi connectivity index (χ0n) is 12.4. The van der Waals surface area contributed by atoms with Crippen molar-refractivity contribution in [1.29, 1.82) is 0 Å². The van der Waals surface area contributed by atoms with Crippen LogP contribution in [0.25, 0.3) is 0 Å². The van der Waals surface area contributed by atoms with E-state index in [2.05, 4.69) is 24.6 Å². The topological polar surface area (TPSA) is 36.5 Å². The predicted octanol–water partition coefficient (Wildman–Crippen LogP) is 3.19. The number of nitrogens with zero attached hydrogens (tertiary/aromatic N) is 1. The first kappa shape index (κ1) is 15.1. The molecule has 0 radical (unpaired) electrons. The van der Waals surface area contributed by atoms with E-state index in [1.165, 1.54) is 0 Å². The smallest absolute Gasteiger partial charge is 0.189 e. The fourth-order valence-electron chi connectivity index (χ4n) is 2.68. The zero-order chi connectivity index (χ0) is 14.6. The summed E-state index contributed by atoms with van der Waals surface area (Å²) < 4.78 is 5.19. The third-order valence-corrected chi connectivity index (χ3v) is 3.84. The number of hydrogen-bond donors (Lipinski definition) is 2. The van der Waals surface area contributed by atoms with Crippen molar-refractivity contribution in [3.8, 4) is 5.75 Å². The molecule has 0 amide bonds. The number of hydrogen-bond acceptors (Lipinski definition) is 3. The Bertz CT molecular complexity index is 455. The van der Waals surface area contributed by atoms with Crippen molar-refractivity contribution in [1.82, 2.24) is 10.7 Å². The summed E-state index contributed by atoms with van der Waals surface area (Å²) in [4.78, 5) is 0. The molecule has 0 saturated carbocycles. The normalized spacial score (nSPS) is 17.1. The molecule has 5 heteroatoms. The highest BCUT2D eigenvalue weighted by Gasteiger charge is 2.38. The van der Waals surface area contributed by atoms with Crippen LogP contribution in [0.15, 0.2) is 24.3 Å². The molecule has 0 atom stereocenters. The number of benzene rings is 1. The van der Waals surface area contributed by atoms with Crippen LogP contribution in [0, 0.1) is 0 Å². The van der Waals surface area contributed by atoms with Crippen LogP contribution in [0.5, 0.6) is 5.75 Å². The average Bonchev–Trinajstić information content (AvgIpc) is 2.76. The van der Waals surface area contributed by atoms with Gasteiger partial charge in [0.2, 0.25) is 0 Å². The lowest BCUT2D eigenvalue weighted by Crippen LogP contribution is -2.51. The van der Waals surface area contributed by atoms with Gasteiger partial charge in [0.1, 0.15) is 11.4 Å². The molecule has 0 spiro atoms. The molecule has 2 rings (SSSR count). The van der Waals surface area contributed by atoms with Gasteiger partial charge < -0.3 is 10.1 Å². The summed E-state index contributed by atoms with van der Waals surface area (Å²) in [7, 11) is 1.67. The van der Waals surface area contributed by atoms with Crippen molar-refractivity contribution >= 4 is 23.0 Å². The van der Waals surface area contributed by atoms with E-state index in [9.17, 15) is 0 Å². The van der Waals surface area contributed by atoms with E-state index in [0.717, 1.165) is 42.2 Å². The first-order chi connectivity index (χ1) is 9.64. The van der Waals surface area contributed by atoms with Crippen LogP contribution in [-0.2, 0) is 0 Å². The maximum Gasteiger partial charge on any atom is 0.189 e. The van der Waals surface area contributed by atoms with Crippen LogP contribution in [0.1, 0.15) is 39.5 Å². The summed E-state index contributed by atoms with van der Waals surface area (Å²) in [6.07, 6.45) is 4.32. The van der Waals surface area contributed by atoms with Gasteiger partial charge in [-0.05, 0) is 49.3 Å². The Hall–Kier alpha value is -1.33. The van der Waals surface area contributed by atoms with E-state index < -0.39 is 0 Å². The Morgan fingerprint density at radius 3 is 2.25 bits per heavy atom. The summed E-state index contributed by atoms with van der Waals surface area (Å²) >= 11 is 5.48. The number of methoxy groups -OCH3 is 1. The van der Waals surface area contributed by atoms with Crippen LogP contribution in [-0.4, -0.2) is 17.9 Å². The van der Waals surface area contributed by atoms with E-state index in [1.54, 1.807) is 7.11 Å². The summed E-state index contributed by atoms with van der Waals surface area (Å²) in [6.45, 7) is 4.39. The third kappa shape index (κ3) is 3.04. The molecule has 0 unspecified atom stereocenters. The lowest BCUT2D eigenvalue weighted by Gasteiger charge is -2.29.